The Hall–Kier alpha value is -0.150. The van der Waals surface area contributed by atoms with Gasteiger partial charge in [-0.2, -0.15) is 0 Å². The topological polar surface area (TPSA) is 29.5 Å². The van der Waals surface area contributed by atoms with Crippen LogP contribution in [0.15, 0.2) is 0 Å². The molecule has 1 aliphatic heterocycles. The molecular weight excluding hydrogens is 135 g/mol. The molecule has 1 heterocycles. The highest BCUT2D eigenvalue weighted by Crippen LogP contribution is 2.25. The summed E-state index contributed by atoms with van der Waals surface area (Å²) < 4.78 is 17.3. The molecule has 1 N–H and O–H groups in total. The first-order valence-corrected chi connectivity index (χ1v) is 3.60. The lowest BCUT2D eigenvalue weighted by Gasteiger charge is -2.11. The summed E-state index contributed by atoms with van der Waals surface area (Å²) in [4.78, 5) is 0. The molecule has 0 aromatic rings. The molecule has 0 unspecified atom stereocenters. The Balaban J connectivity index is 2.41. The maximum atomic E-state index is 12.1. The van der Waals surface area contributed by atoms with Crippen LogP contribution in [0.25, 0.3) is 0 Å². The second-order valence-corrected chi connectivity index (χ2v) is 2.82. The quantitative estimate of drug-likeness (QED) is 0.626. The molecule has 0 saturated carbocycles. The number of hydrogen-bond acceptors (Lipinski definition) is 2. The molecule has 0 amide bonds. The number of rotatable bonds is 2. The van der Waals surface area contributed by atoms with E-state index >= 15 is 0 Å². The van der Waals surface area contributed by atoms with Crippen LogP contribution in [0.5, 0.6) is 0 Å². The van der Waals surface area contributed by atoms with E-state index in [9.17, 15) is 4.39 Å². The van der Waals surface area contributed by atoms with E-state index in [1.165, 1.54) is 0 Å². The summed E-state index contributed by atoms with van der Waals surface area (Å²) >= 11 is 0. The molecule has 3 atom stereocenters. The first-order chi connectivity index (χ1) is 4.77. The minimum Gasteiger partial charge on any atom is -0.394 e. The minimum absolute atomic E-state index is 0.0566. The third-order valence-electron chi connectivity index (χ3n) is 1.95. The van der Waals surface area contributed by atoms with Crippen molar-refractivity contribution in [2.75, 3.05) is 13.3 Å². The Labute approximate surface area is 60.0 Å². The van der Waals surface area contributed by atoms with Crippen LogP contribution >= 0.6 is 0 Å². The largest absolute Gasteiger partial charge is 0.394 e. The summed E-state index contributed by atoms with van der Waals surface area (Å²) in [7, 11) is 0. The van der Waals surface area contributed by atoms with Crippen molar-refractivity contribution >= 4 is 0 Å². The van der Waals surface area contributed by atoms with Crippen LogP contribution in [0.2, 0.25) is 0 Å². The number of halogens is 1. The second kappa shape index (κ2) is 3.30. The number of aliphatic hydroxyl groups excluding tert-OH is 1. The van der Waals surface area contributed by atoms with E-state index in [4.69, 9.17) is 9.84 Å². The molecule has 3 heteroatoms. The third kappa shape index (κ3) is 1.47. The molecular formula is C7H13FO2. The van der Waals surface area contributed by atoms with Crippen LogP contribution in [0.4, 0.5) is 4.39 Å². The number of alkyl halides is 1. The molecule has 0 spiro atoms. The van der Waals surface area contributed by atoms with Crippen LogP contribution in [0.1, 0.15) is 13.3 Å². The number of ether oxygens (including phenoxy) is 1. The molecule has 2 nitrogen and oxygen atoms in total. The van der Waals surface area contributed by atoms with Gasteiger partial charge < -0.3 is 9.84 Å². The van der Waals surface area contributed by atoms with Crippen LogP contribution in [-0.2, 0) is 4.74 Å². The van der Waals surface area contributed by atoms with Gasteiger partial charge in [0, 0.05) is 5.92 Å². The zero-order valence-corrected chi connectivity index (χ0v) is 6.09. The smallest absolute Gasteiger partial charge is 0.0949 e. The maximum absolute atomic E-state index is 12.1. The van der Waals surface area contributed by atoms with E-state index in [1.54, 1.807) is 0 Å². The highest BCUT2D eigenvalue weighted by molar-refractivity contribution is 4.79. The van der Waals surface area contributed by atoms with Crippen molar-refractivity contribution < 1.29 is 14.2 Å². The molecule has 0 aliphatic carbocycles. The predicted octanol–water partition coefficient (Wildman–Crippen LogP) is 0.742. The summed E-state index contributed by atoms with van der Waals surface area (Å²) in [6.07, 6.45) is 0.583. The van der Waals surface area contributed by atoms with Gasteiger partial charge in [0.2, 0.25) is 0 Å². The van der Waals surface area contributed by atoms with Gasteiger partial charge in [-0.1, -0.05) is 0 Å². The van der Waals surface area contributed by atoms with Gasteiger partial charge in [-0.05, 0) is 13.3 Å². The molecule has 1 aliphatic rings. The zero-order valence-electron chi connectivity index (χ0n) is 6.09. The van der Waals surface area contributed by atoms with E-state index in [0.29, 0.717) is 0 Å². The van der Waals surface area contributed by atoms with E-state index in [0.717, 1.165) is 6.42 Å². The van der Waals surface area contributed by atoms with E-state index in [-0.39, 0.29) is 31.4 Å². The summed E-state index contributed by atoms with van der Waals surface area (Å²) in [6, 6.07) is 0. The van der Waals surface area contributed by atoms with E-state index < -0.39 is 0 Å². The lowest BCUT2D eigenvalue weighted by Crippen LogP contribution is -2.21. The summed E-state index contributed by atoms with van der Waals surface area (Å²) in [6.45, 7) is 1.47. The van der Waals surface area contributed by atoms with Gasteiger partial charge in [0.1, 0.15) is 0 Å². The monoisotopic (exact) mass is 148 g/mol. The van der Waals surface area contributed by atoms with Crippen molar-refractivity contribution in [3.05, 3.63) is 0 Å². The van der Waals surface area contributed by atoms with Crippen LogP contribution in [-0.4, -0.2) is 30.6 Å². The Kier molecular flexibility index (Phi) is 2.63. The summed E-state index contributed by atoms with van der Waals surface area (Å²) in [5.74, 6) is -0.0833. The predicted molar refractivity (Wildman–Crippen MR) is 35.5 cm³/mol. The molecule has 0 aromatic carbocycles. The Bertz CT molecular complexity index is 95.8. The first kappa shape index (κ1) is 7.95. The normalized spacial score (nSPS) is 40.5. The molecule has 0 radical (unpaired) electrons. The number of hydrogen-bond donors (Lipinski definition) is 1. The fourth-order valence-electron chi connectivity index (χ4n) is 1.40. The standard InChI is InChI=1S/C7H13FO2/c1-5-2-6(3-8)7(4-9)10-5/h5-7,9H,2-4H2,1H3/t5-,6+,7+/m0/s1. The van der Waals surface area contributed by atoms with Gasteiger partial charge in [0.05, 0.1) is 25.5 Å². The van der Waals surface area contributed by atoms with Gasteiger partial charge >= 0.3 is 0 Å². The Morgan fingerprint density at radius 2 is 2.40 bits per heavy atom. The zero-order chi connectivity index (χ0) is 7.56. The highest BCUT2D eigenvalue weighted by atomic mass is 19.1. The third-order valence-corrected chi connectivity index (χ3v) is 1.95. The van der Waals surface area contributed by atoms with Crippen molar-refractivity contribution in [1.29, 1.82) is 0 Å². The highest BCUT2D eigenvalue weighted by Gasteiger charge is 2.31. The SMILES string of the molecule is C[C@H]1C[C@H](CF)[C@@H](CO)O1. The lowest BCUT2D eigenvalue weighted by atomic mass is 10.0. The molecule has 1 rings (SSSR count). The number of aliphatic hydroxyl groups is 1. The van der Waals surface area contributed by atoms with Gasteiger partial charge in [-0.25, -0.2) is 0 Å². The summed E-state index contributed by atoms with van der Waals surface area (Å²) in [5.41, 5.74) is 0. The van der Waals surface area contributed by atoms with Crippen LogP contribution in [0, 0.1) is 5.92 Å². The fraction of sp³-hybridized carbons (Fsp3) is 1.00. The Morgan fingerprint density at radius 3 is 2.80 bits per heavy atom. The fourth-order valence-corrected chi connectivity index (χ4v) is 1.40. The van der Waals surface area contributed by atoms with Crippen LogP contribution in [0.3, 0.4) is 0 Å². The average molecular weight is 148 g/mol. The van der Waals surface area contributed by atoms with Crippen molar-refractivity contribution in [2.24, 2.45) is 5.92 Å². The van der Waals surface area contributed by atoms with Gasteiger partial charge in [-0.15, -0.1) is 0 Å². The Morgan fingerprint density at radius 1 is 1.70 bits per heavy atom. The van der Waals surface area contributed by atoms with Crippen molar-refractivity contribution in [2.45, 2.75) is 25.6 Å². The minimum atomic E-state index is -0.379. The molecule has 0 aromatic heterocycles. The molecule has 10 heavy (non-hydrogen) atoms. The van der Waals surface area contributed by atoms with Gasteiger partial charge in [0.15, 0.2) is 0 Å². The molecule has 1 fully saturated rings. The van der Waals surface area contributed by atoms with E-state index in [2.05, 4.69) is 0 Å². The van der Waals surface area contributed by atoms with Crippen molar-refractivity contribution in [1.82, 2.24) is 0 Å². The summed E-state index contributed by atoms with van der Waals surface area (Å²) in [5, 5.41) is 8.69. The molecule has 1 saturated heterocycles. The maximum Gasteiger partial charge on any atom is 0.0949 e. The van der Waals surface area contributed by atoms with Gasteiger partial charge in [-0.3, -0.25) is 4.39 Å². The van der Waals surface area contributed by atoms with Crippen molar-refractivity contribution in [3.8, 4) is 0 Å². The van der Waals surface area contributed by atoms with E-state index in [1.807, 2.05) is 6.92 Å². The average Bonchev–Trinajstić information content (AvgIpc) is 2.30. The van der Waals surface area contributed by atoms with Gasteiger partial charge in [0.25, 0.3) is 0 Å². The van der Waals surface area contributed by atoms with Crippen molar-refractivity contribution in [3.63, 3.8) is 0 Å². The molecule has 0 bridgehead atoms. The molecule has 60 valence electrons. The lowest BCUT2D eigenvalue weighted by molar-refractivity contribution is 0.00372. The second-order valence-electron chi connectivity index (χ2n) is 2.82. The van der Waals surface area contributed by atoms with Crippen LogP contribution < -0.4 is 0 Å². The first-order valence-electron chi connectivity index (χ1n) is 3.60.